The first-order valence-electron chi connectivity index (χ1n) is 4.06. The lowest BCUT2D eigenvalue weighted by Gasteiger charge is -2.00. The van der Waals surface area contributed by atoms with Gasteiger partial charge >= 0.3 is 5.97 Å². The van der Waals surface area contributed by atoms with Crippen LogP contribution in [0.2, 0.25) is 0 Å². The molecule has 0 radical (unpaired) electrons. The minimum absolute atomic E-state index is 0.0688. The van der Waals surface area contributed by atoms with E-state index < -0.39 is 5.97 Å². The van der Waals surface area contributed by atoms with Gasteiger partial charge in [0.05, 0.1) is 18.4 Å². The van der Waals surface area contributed by atoms with Crippen molar-refractivity contribution in [3.05, 3.63) is 36.4 Å². The lowest BCUT2D eigenvalue weighted by molar-refractivity contribution is -0.136. The third-order valence-electron chi connectivity index (χ3n) is 1.77. The van der Waals surface area contributed by atoms with Crippen molar-refractivity contribution in [3.8, 4) is 5.88 Å². The zero-order valence-corrected chi connectivity index (χ0v) is 7.25. The molecular formula is C9H8N2O3. The normalized spacial score (nSPS) is 10.3. The van der Waals surface area contributed by atoms with Gasteiger partial charge in [0.1, 0.15) is 0 Å². The number of nitrogens with zero attached hydrogens (tertiary/aromatic N) is 2. The Morgan fingerprint density at radius 2 is 2.43 bits per heavy atom. The van der Waals surface area contributed by atoms with Gasteiger partial charge in [0.25, 0.3) is 0 Å². The molecular weight excluding hydrogens is 184 g/mol. The van der Waals surface area contributed by atoms with Crippen molar-refractivity contribution in [2.75, 3.05) is 0 Å². The predicted molar refractivity (Wildman–Crippen MR) is 47.2 cm³/mol. The molecule has 0 bridgehead atoms. The minimum atomic E-state index is -0.890. The van der Waals surface area contributed by atoms with Crippen molar-refractivity contribution in [2.24, 2.45) is 0 Å². The van der Waals surface area contributed by atoms with Crippen molar-refractivity contribution < 1.29 is 14.3 Å². The number of rotatable bonds is 3. The van der Waals surface area contributed by atoms with Gasteiger partial charge in [-0.15, -0.1) is 0 Å². The molecule has 0 fully saturated rings. The summed E-state index contributed by atoms with van der Waals surface area (Å²) in [6, 6.07) is 5.09. The Hall–Kier alpha value is -2.04. The third kappa shape index (κ3) is 1.52. The maximum absolute atomic E-state index is 10.5. The molecule has 2 aromatic heterocycles. The van der Waals surface area contributed by atoms with Gasteiger partial charge in [-0.2, -0.15) is 5.10 Å². The van der Waals surface area contributed by atoms with E-state index in [4.69, 9.17) is 9.52 Å². The molecule has 0 saturated heterocycles. The van der Waals surface area contributed by atoms with Crippen LogP contribution in [-0.4, -0.2) is 20.9 Å². The van der Waals surface area contributed by atoms with Gasteiger partial charge < -0.3 is 9.52 Å². The summed E-state index contributed by atoms with van der Waals surface area (Å²) in [5.74, 6) is -0.371. The molecule has 5 nitrogen and oxygen atoms in total. The van der Waals surface area contributed by atoms with Crippen LogP contribution in [-0.2, 0) is 11.2 Å². The molecule has 14 heavy (non-hydrogen) atoms. The number of carboxylic acid groups (broad SMARTS) is 1. The van der Waals surface area contributed by atoms with Crippen molar-refractivity contribution in [1.82, 2.24) is 9.78 Å². The lowest BCUT2D eigenvalue weighted by Crippen LogP contribution is -2.07. The average Bonchev–Trinajstić information content (AvgIpc) is 2.70. The van der Waals surface area contributed by atoms with E-state index in [-0.39, 0.29) is 6.42 Å². The highest BCUT2D eigenvalue weighted by molar-refractivity contribution is 5.69. The summed E-state index contributed by atoms with van der Waals surface area (Å²) in [6.07, 6.45) is 2.99. The highest BCUT2D eigenvalue weighted by atomic mass is 16.4. The Bertz CT molecular complexity index is 431. The van der Waals surface area contributed by atoms with Crippen molar-refractivity contribution >= 4 is 5.97 Å². The largest absolute Gasteiger partial charge is 0.481 e. The van der Waals surface area contributed by atoms with Crippen molar-refractivity contribution in [1.29, 1.82) is 0 Å². The van der Waals surface area contributed by atoms with Gasteiger partial charge in [-0.3, -0.25) is 4.79 Å². The molecule has 0 spiro atoms. The molecule has 1 N–H and O–H groups in total. The zero-order chi connectivity index (χ0) is 9.97. The molecule has 0 amide bonds. The van der Waals surface area contributed by atoms with Gasteiger partial charge in [-0.25, -0.2) is 4.68 Å². The van der Waals surface area contributed by atoms with Crippen LogP contribution in [0.15, 0.2) is 35.1 Å². The van der Waals surface area contributed by atoms with Gasteiger partial charge in [0.2, 0.25) is 5.88 Å². The number of furan rings is 1. The highest BCUT2D eigenvalue weighted by Crippen LogP contribution is 2.10. The van der Waals surface area contributed by atoms with E-state index >= 15 is 0 Å². The molecule has 0 atom stereocenters. The Balaban J connectivity index is 2.35. The Labute approximate surface area is 79.6 Å². The number of hydrogen-bond acceptors (Lipinski definition) is 3. The SMILES string of the molecule is O=C(O)Cc1ccnn1-c1ccco1. The number of carbonyl (C=O) groups is 1. The van der Waals surface area contributed by atoms with Gasteiger partial charge in [-0.1, -0.05) is 0 Å². The van der Waals surface area contributed by atoms with E-state index in [2.05, 4.69) is 5.10 Å². The van der Waals surface area contributed by atoms with Crippen LogP contribution in [0.5, 0.6) is 0 Å². The summed E-state index contributed by atoms with van der Waals surface area (Å²) in [6.45, 7) is 0. The Morgan fingerprint density at radius 1 is 1.57 bits per heavy atom. The van der Waals surface area contributed by atoms with Gasteiger partial charge in [0.15, 0.2) is 0 Å². The first-order valence-corrected chi connectivity index (χ1v) is 4.06. The van der Waals surface area contributed by atoms with E-state index in [1.807, 2.05) is 0 Å². The molecule has 2 rings (SSSR count). The number of carboxylic acids is 1. The molecule has 0 aliphatic heterocycles. The summed E-state index contributed by atoms with van der Waals surface area (Å²) < 4.78 is 6.57. The maximum Gasteiger partial charge on any atom is 0.309 e. The van der Waals surface area contributed by atoms with E-state index in [0.717, 1.165) is 0 Å². The van der Waals surface area contributed by atoms with Gasteiger partial charge in [0, 0.05) is 12.3 Å². The quantitative estimate of drug-likeness (QED) is 0.790. The molecule has 2 heterocycles. The fraction of sp³-hybridized carbons (Fsp3) is 0.111. The maximum atomic E-state index is 10.5. The second kappa shape index (κ2) is 3.37. The summed E-state index contributed by atoms with van der Waals surface area (Å²) >= 11 is 0. The first kappa shape index (κ1) is 8.55. The van der Waals surface area contributed by atoms with E-state index in [9.17, 15) is 4.79 Å². The topological polar surface area (TPSA) is 68.3 Å². The van der Waals surface area contributed by atoms with Crippen LogP contribution in [0, 0.1) is 0 Å². The predicted octanol–water partition coefficient (Wildman–Crippen LogP) is 1.09. The van der Waals surface area contributed by atoms with Crippen LogP contribution >= 0.6 is 0 Å². The summed E-state index contributed by atoms with van der Waals surface area (Å²) in [7, 11) is 0. The Morgan fingerprint density at radius 3 is 3.07 bits per heavy atom. The average molecular weight is 192 g/mol. The molecule has 72 valence electrons. The highest BCUT2D eigenvalue weighted by Gasteiger charge is 2.09. The van der Waals surface area contributed by atoms with Crippen LogP contribution in [0.25, 0.3) is 5.88 Å². The molecule has 0 unspecified atom stereocenters. The van der Waals surface area contributed by atoms with Crippen molar-refractivity contribution in [3.63, 3.8) is 0 Å². The van der Waals surface area contributed by atoms with Crippen LogP contribution < -0.4 is 0 Å². The molecule has 0 aliphatic carbocycles. The molecule has 0 saturated carbocycles. The van der Waals surface area contributed by atoms with Crippen LogP contribution in [0.3, 0.4) is 0 Å². The zero-order valence-electron chi connectivity index (χ0n) is 7.25. The Kier molecular flexibility index (Phi) is 2.06. The summed E-state index contributed by atoms with van der Waals surface area (Å²) in [5.41, 5.74) is 0.590. The number of aliphatic carboxylic acids is 1. The fourth-order valence-electron chi connectivity index (χ4n) is 1.21. The standard InChI is InChI=1S/C9H8N2O3/c12-9(13)6-7-3-4-10-11(7)8-2-1-5-14-8/h1-5H,6H2,(H,12,13). The van der Waals surface area contributed by atoms with Crippen LogP contribution in [0.1, 0.15) is 5.69 Å². The minimum Gasteiger partial charge on any atom is -0.481 e. The van der Waals surface area contributed by atoms with Crippen molar-refractivity contribution in [2.45, 2.75) is 6.42 Å². The lowest BCUT2D eigenvalue weighted by atomic mass is 10.3. The fourth-order valence-corrected chi connectivity index (χ4v) is 1.21. The smallest absolute Gasteiger partial charge is 0.309 e. The monoisotopic (exact) mass is 192 g/mol. The van der Waals surface area contributed by atoms with E-state index in [0.29, 0.717) is 11.6 Å². The second-order valence-corrected chi connectivity index (χ2v) is 2.76. The number of hydrogen-bond donors (Lipinski definition) is 1. The summed E-state index contributed by atoms with van der Waals surface area (Å²) in [5, 5.41) is 12.6. The first-order chi connectivity index (χ1) is 6.77. The summed E-state index contributed by atoms with van der Waals surface area (Å²) in [4.78, 5) is 10.5. The number of aromatic nitrogens is 2. The van der Waals surface area contributed by atoms with Crippen LogP contribution in [0.4, 0.5) is 0 Å². The van der Waals surface area contributed by atoms with E-state index in [1.54, 1.807) is 24.4 Å². The molecule has 0 aliphatic rings. The second-order valence-electron chi connectivity index (χ2n) is 2.76. The van der Waals surface area contributed by atoms with Gasteiger partial charge in [-0.05, 0) is 12.1 Å². The molecule has 2 aromatic rings. The molecule has 0 aromatic carbocycles. The van der Waals surface area contributed by atoms with E-state index in [1.165, 1.54) is 10.9 Å². The molecule has 5 heteroatoms. The third-order valence-corrected chi connectivity index (χ3v) is 1.77.